The van der Waals surface area contributed by atoms with Crippen molar-refractivity contribution in [3.8, 4) is 5.75 Å². The van der Waals surface area contributed by atoms with Crippen LogP contribution in [0.25, 0.3) is 0 Å². The number of hydrogen-bond acceptors (Lipinski definition) is 3. The molecule has 0 bridgehead atoms. The molecule has 4 heteroatoms. The molecule has 86 valence electrons. The Hall–Kier alpha value is -1.58. The number of pyridine rings is 1. The fourth-order valence-corrected chi connectivity index (χ4v) is 2.18. The normalized spacial score (nSPS) is 24.3. The Balaban J connectivity index is 2.06. The third kappa shape index (κ3) is 2.15. The molecule has 1 aromatic heterocycles. The summed E-state index contributed by atoms with van der Waals surface area (Å²) in [6.45, 7) is 2.14. The van der Waals surface area contributed by atoms with Crippen LogP contribution in [0.2, 0.25) is 0 Å². The summed E-state index contributed by atoms with van der Waals surface area (Å²) in [5.41, 5.74) is 0.300. The highest BCUT2D eigenvalue weighted by molar-refractivity contribution is 5.96. The summed E-state index contributed by atoms with van der Waals surface area (Å²) in [7, 11) is 0. The average molecular weight is 220 g/mol. The first-order valence-electron chi connectivity index (χ1n) is 5.62. The smallest absolute Gasteiger partial charge is 0.255 e. The van der Waals surface area contributed by atoms with Gasteiger partial charge in [0.2, 0.25) is 0 Å². The number of carbonyl (C=O) groups excluding carboxylic acids is 1. The summed E-state index contributed by atoms with van der Waals surface area (Å²) in [5, 5.41) is 12.5. The van der Waals surface area contributed by atoms with Crippen molar-refractivity contribution < 1.29 is 9.90 Å². The fraction of sp³-hybridized carbons (Fsp3) is 0.500. The van der Waals surface area contributed by atoms with E-state index < -0.39 is 0 Å². The second-order valence-electron chi connectivity index (χ2n) is 4.38. The Morgan fingerprint density at radius 3 is 3.00 bits per heavy atom. The van der Waals surface area contributed by atoms with Gasteiger partial charge in [-0.1, -0.05) is 13.3 Å². The second-order valence-corrected chi connectivity index (χ2v) is 4.38. The van der Waals surface area contributed by atoms with Crippen LogP contribution in [0, 0.1) is 5.92 Å². The Kier molecular flexibility index (Phi) is 3.08. The van der Waals surface area contributed by atoms with Gasteiger partial charge in [-0.3, -0.25) is 9.78 Å². The van der Waals surface area contributed by atoms with E-state index in [1.165, 1.54) is 18.5 Å². The standard InChI is InChI=1S/C12H16N2O2/c1-8-3-2-4-10(8)14-12(16)9-5-6-13-7-11(9)15/h5-8,10,15H,2-4H2,1H3,(H,14,16). The van der Waals surface area contributed by atoms with Gasteiger partial charge in [0.1, 0.15) is 5.75 Å². The van der Waals surface area contributed by atoms with Gasteiger partial charge in [0.05, 0.1) is 11.8 Å². The number of rotatable bonds is 2. The van der Waals surface area contributed by atoms with Gasteiger partial charge in [0, 0.05) is 12.2 Å². The molecule has 0 spiro atoms. The summed E-state index contributed by atoms with van der Waals surface area (Å²) in [5.74, 6) is 0.247. The van der Waals surface area contributed by atoms with Gasteiger partial charge in [-0.15, -0.1) is 0 Å². The molecule has 1 amide bonds. The molecule has 1 heterocycles. The molecule has 1 fully saturated rings. The monoisotopic (exact) mass is 220 g/mol. The van der Waals surface area contributed by atoms with Crippen molar-refractivity contribution in [1.29, 1.82) is 0 Å². The van der Waals surface area contributed by atoms with Crippen molar-refractivity contribution in [2.75, 3.05) is 0 Å². The molecule has 0 aliphatic heterocycles. The van der Waals surface area contributed by atoms with Crippen LogP contribution in [0.3, 0.4) is 0 Å². The molecule has 1 aliphatic carbocycles. The highest BCUT2D eigenvalue weighted by Crippen LogP contribution is 2.25. The molecule has 2 atom stereocenters. The number of aromatic nitrogens is 1. The molecular weight excluding hydrogens is 204 g/mol. The number of amides is 1. The minimum absolute atomic E-state index is 0.0642. The summed E-state index contributed by atoms with van der Waals surface area (Å²) in [6.07, 6.45) is 6.14. The molecule has 16 heavy (non-hydrogen) atoms. The SMILES string of the molecule is CC1CCCC1NC(=O)c1ccncc1O. The van der Waals surface area contributed by atoms with Gasteiger partial charge in [-0.2, -0.15) is 0 Å². The van der Waals surface area contributed by atoms with Crippen LogP contribution >= 0.6 is 0 Å². The lowest BCUT2D eigenvalue weighted by atomic mass is 10.1. The average Bonchev–Trinajstić information content (AvgIpc) is 2.65. The van der Waals surface area contributed by atoms with Crippen molar-refractivity contribution in [3.05, 3.63) is 24.0 Å². The van der Waals surface area contributed by atoms with E-state index >= 15 is 0 Å². The lowest BCUT2D eigenvalue weighted by molar-refractivity contribution is 0.0927. The van der Waals surface area contributed by atoms with E-state index in [1.807, 2.05) is 0 Å². The maximum Gasteiger partial charge on any atom is 0.255 e. The van der Waals surface area contributed by atoms with Gasteiger partial charge >= 0.3 is 0 Å². The zero-order chi connectivity index (χ0) is 11.5. The van der Waals surface area contributed by atoms with Crippen molar-refractivity contribution in [1.82, 2.24) is 10.3 Å². The zero-order valence-corrected chi connectivity index (χ0v) is 9.31. The van der Waals surface area contributed by atoms with Gasteiger partial charge in [0.15, 0.2) is 0 Å². The van der Waals surface area contributed by atoms with E-state index in [-0.39, 0.29) is 17.7 Å². The van der Waals surface area contributed by atoms with E-state index in [1.54, 1.807) is 0 Å². The Morgan fingerprint density at radius 2 is 2.38 bits per heavy atom. The first kappa shape index (κ1) is 10.9. The molecule has 2 unspecified atom stereocenters. The second kappa shape index (κ2) is 4.51. The van der Waals surface area contributed by atoms with Gasteiger partial charge in [-0.05, 0) is 24.8 Å². The Bertz CT molecular complexity index is 392. The fourth-order valence-electron chi connectivity index (χ4n) is 2.18. The lowest BCUT2D eigenvalue weighted by Crippen LogP contribution is -2.36. The van der Waals surface area contributed by atoms with E-state index in [2.05, 4.69) is 17.2 Å². The molecule has 1 saturated carbocycles. The van der Waals surface area contributed by atoms with E-state index in [0.717, 1.165) is 19.3 Å². The molecular formula is C12H16N2O2. The summed E-state index contributed by atoms with van der Waals surface area (Å²) >= 11 is 0. The van der Waals surface area contributed by atoms with Crippen molar-refractivity contribution >= 4 is 5.91 Å². The first-order chi connectivity index (χ1) is 7.68. The number of nitrogens with zero attached hydrogens (tertiary/aromatic N) is 1. The largest absolute Gasteiger partial charge is 0.505 e. The summed E-state index contributed by atoms with van der Waals surface area (Å²) in [6, 6.07) is 1.77. The van der Waals surface area contributed by atoms with Crippen LogP contribution in [0.1, 0.15) is 36.5 Å². The number of hydrogen-bond donors (Lipinski definition) is 2. The van der Waals surface area contributed by atoms with Crippen molar-refractivity contribution in [2.45, 2.75) is 32.2 Å². The molecule has 1 aliphatic rings. The first-order valence-corrected chi connectivity index (χ1v) is 5.62. The van der Waals surface area contributed by atoms with Gasteiger partial charge in [-0.25, -0.2) is 0 Å². The number of carbonyl (C=O) groups is 1. The minimum Gasteiger partial charge on any atom is -0.505 e. The number of aromatic hydroxyl groups is 1. The topological polar surface area (TPSA) is 62.2 Å². The highest BCUT2D eigenvalue weighted by Gasteiger charge is 2.25. The van der Waals surface area contributed by atoms with E-state index in [4.69, 9.17) is 0 Å². The lowest BCUT2D eigenvalue weighted by Gasteiger charge is -2.17. The van der Waals surface area contributed by atoms with Crippen molar-refractivity contribution in [2.24, 2.45) is 5.92 Å². The molecule has 2 N–H and O–H groups in total. The van der Waals surface area contributed by atoms with Crippen LogP contribution in [0.4, 0.5) is 0 Å². The molecule has 1 aromatic rings. The third-order valence-electron chi connectivity index (χ3n) is 3.22. The summed E-state index contributed by atoms with van der Waals surface area (Å²) < 4.78 is 0. The maximum absolute atomic E-state index is 11.9. The molecule has 0 aromatic carbocycles. The molecule has 4 nitrogen and oxygen atoms in total. The van der Waals surface area contributed by atoms with Crippen LogP contribution in [0.15, 0.2) is 18.5 Å². The summed E-state index contributed by atoms with van der Waals surface area (Å²) in [4.78, 5) is 15.6. The maximum atomic E-state index is 11.9. The predicted octanol–water partition coefficient (Wildman–Crippen LogP) is 1.71. The van der Waals surface area contributed by atoms with Crippen LogP contribution in [-0.4, -0.2) is 22.0 Å². The zero-order valence-electron chi connectivity index (χ0n) is 9.31. The minimum atomic E-state index is -0.210. The van der Waals surface area contributed by atoms with Crippen molar-refractivity contribution in [3.63, 3.8) is 0 Å². The quantitative estimate of drug-likeness (QED) is 0.797. The van der Waals surface area contributed by atoms with Gasteiger partial charge in [0.25, 0.3) is 5.91 Å². The predicted molar refractivity (Wildman–Crippen MR) is 60.2 cm³/mol. The van der Waals surface area contributed by atoms with Crippen LogP contribution in [0.5, 0.6) is 5.75 Å². The molecule has 2 rings (SSSR count). The Labute approximate surface area is 94.7 Å². The highest BCUT2D eigenvalue weighted by atomic mass is 16.3. The molecule has 0 saturated heterocycles. The molecule has 0 radical (unpaired) electrons. The van der Waals surface area contributed by atoms with Crippen LogP contribution in [-0.2, 0) is 0 Å². The number of nitrogens with one attached hydrogen (secondary N) is 1. The Morgan fingerprint density at radius 1 is 1.56 bits per heavy atom. The third-order valence-corrected chi connectivity index (χ3v) is 3.22. The van der Waals surface area contributed by atoms with Gasteiger partial charge < -0.3 is 10.4 Å². The van der Waals surface area contributed by atoms with E-state index in [0.29, 0.717) is 11.5 Å². The van der Waals surface area contributed by atoms with E-state index in [9.17, 15) is 9.90 Å². The van der Waals surface area contributed by atoms with Crippen LogP contribution < -0.4 is 5.32 Å².